The van der Waals surface area contributed by atoms with Crippen molar-refractivity contribution in [2.75, 3.05) is 13.2 Å². The summed E-state index contributed by atoms with van der Waals surface area (Å²) in [5, 5.41) is 17.2. The quantitative estimate of drug-likeness (QED) is 0.557. The first kappa shape index (κ1) is 21.6. The minimum atomic E-state index is -2.53. The van der Waals surface area contributed by atoms with Crippen LogP contribution in [-0.2, 0) is 17.8 Å². The van der Waals surface area contributed by atoms with Crippen molar-refractivity contribution >= 4 is 16.8 Å². The molecule has 0 aliphatic rings. The molecule has 3 rings (SSSR count). The van der Waals surface area contributed by atoms with E-state index >= 15 is 0 Å². The number of amides is 1. The van der Waals surface area contributed by atoms with Crippen molar-refractivity contribution in [1.29, 1.82) is 0 Å². The zero-order chi connectivity index (χ0) is 21.7. The van der Waals surface area contributed by atoms with Crippen LogP contribution >= 0.6 is 0 Å². The molecule has 2 aromatic heterocycles. The molecule has 3 aromatic rings. The highest BCUT2D eigenvalue weighted by atomic mass is 19.3. The number of ether oxygens (including phenoxy) is 1. The number of aliphatic hydroxyl groups is 1. The predicted octanol–water partition coefficient (Wildman–Crippen LogP) is 2.47. The van der Waals surface area contributed by atoms with E-state index in [2.05, 4.69) is 15.4 Å². The average molecular weight is 418 g/mol. The van der Waals surface area contributed by atoms with Gasteiger partial charge in [0, 0.05) is 24.3 Å². The lowest BCUT2D eigenvalue weighted by molar-refractivity contribution is -0.120. The molecule has 1 atom stereocenters. The van der Waals surface area contributed by atoms with Crippen molar-refractivity contribution in [3.8, 4) is 5.75 Å². The summed E-state index contributed by atoms with van der Waals surface area (Å²) in [5.74, 6) is 0.185. The minimum Gasteiger partial charge on any atom is -0.487 e. The third-order valence-electron chi connectivity index (χ3n) is 4.45. The summed E-state index contributed by atoms with van der Waals surface area (Å²) in [6.45, 7) is 3.33. The van der Waals surface area contributed by atoms with Gasteiger partial charge in [-0.2, -0.15) is 5.10 Å². The Hall–Kier alpha value is -3.07. The summed E-state index contributed by atoms with van der Waals surface area (Å²) in [4.78, 5) is 16.4. The van der Waals surface area contributed by atoms with Gasteiger partial charge in [0.1, 0.15) is 12.4 Å². The Bertz CT molecular complexity index is 1020. The number of aliphatic hydroxyl groups excluding tert-OH is 1. The van der Waals surface area contributed by atoms with Gasteiger partial charge in [-0.15, -0.1) is 0 Å². The third kappa shape index (κ3) is 5.73. The first-order chi connectivity index (χ1) is 14.3. The number of hydrogen-bond donors (Lipinski definition) is 2. The lowest BCUT2D eigenvalue weighted by atomic mass is 10.1. The zero-order valence-corrected chi connectivity index (χ0v) is 16.8. The first-order valence-electron chi connectivity index (χ1n) is 9.58. The standard InChI is InChI=1S/C21H24F2N4O3/c1-13-3-4-15(7-19(13)30-12-20(22)23)10-27-11-16-17(26-27)5-6-24-18(16)8-21(29)25-9-14(2)28/h3-7,11,14,20,28H,8-10,12H2,1-2H3,(H,25,29)/t14-/m0/s1. The van der Waals surface area contributed by atoms with Gasteiger partial charge >= 0.3 is 0 Å². The van der Waals surface area contributed by atoms with Crippen LogP contribution in [0.2, 0.25) is 0 Å². The van der Waals surface area contributed by atoms with Gasteiger partial charge in [-0.3, -0.25) is 14.5 Å². The second kappa shape index (κ2) is 9.62. The Balaban J connectivity index is 1.76. The molecular weight excluding hydrogens is 394 g/mol. The Morgan fingerprint density at radius 2 is 2.13 bits per heavy atom. The van der Waals surface area contributed by atoms with Crippen LogP contribution in [0.25, 0.3) is 10.9 Å². The van der Waals surface area contributed by atoms with E-state index in [1.54, 1.807) is 43.1 Å². The van der Waals surface area contributed by atoms with E-state index in [0.29, 0.717) is 23.5 Å². The molecule has 0 unspecified atom stereocenters. The van der Waals surface area contributed by atoms with E-state index in [4.69, 9.17) is 4.74 Å². The molecule has 0 bridgehead atoms. The van der Waals surface area contributed by atoms with Gasteiger partial charge in [-0.05, 0) is 37.1 Å². The van der Waals surface area contributed by atoms with Gasteiger partial charge in [-0.1, -0.05) is 12.1 Å². The van der Waals surface area contributed by atoms with Gasteiger partial charge in [0.15, 0.2) is 0 Å². The maximum absolute atomic E-state index is 12.4. The first-order valence-corrected chi connectivity index (χ1v) is 9.58. The highest BCUT2D eigenvalue weighted by molar-refractivity contribution is 5.86. The molecule has 0 aliphatic heterocycles. The molecule has 0 aliphatic carbocycles. The van der Waals surface area contributed by atoms with Crippen LogP contribution < -0.4 is 10.1 Å². The summed E-state index contributed by atoms with van der Waals surface area (Å²) in [6, 6.07) is 7.19. The lowest BCUT2D eigenvalue weighted by Gasteiger charge is -2.11. The van der Waals surface area contributed by atoms with Crippen LogP contribution in [0.1, 0.15) is 23.7 Å². The number of hydrogen-bond acceptors (Lipinski definition) is 5. The zero-order valence-electron chi connectivity index (χ0n) is 16.8. The van der Waals surface area contributed by atoms with Gasteiger partial charge in [-0.25, -0.2) is 8.78 Å². The Labute approximate surface area is 172 Å². The number of nitrogens with one attached hydrogen (secondary N) is 1. The molecule has 160 valence electrons. The highest BCUT2D eigenvalue weighted by Crippen LogP contribution is 2.22. The fourth-order valence-electron chi connectivity index (χ4n) is 2.99. The molecule has 1 aromatic carbocycles. The van der Waals surface area contributed by atoms with Crippen molar-refractivity contribution in [3.05, 3.63) is 53.5 Å². The number of carbonyl (C=O) groups excluding carboxylic acids is 1. The lowest BCUT2D eigenvalue weighted by Crippen LogP contribution is -2.31. The normalized spacial score (nSPS) is 12.3. The van der Waals surface area contributed by atoms with E-state index in [1.165, 1.54) is 0 Å². The molecule has 0 fully saturated rings. The van der Waals surface area contributed by atoms with E-state index in [-0.39, 0.29) is 18.9 Å². The molecule has 0 saturated carbocycles. The van der Waals surface area contributed by atoms with Crippen molar-refractivity contribution in [3.63, 3.8) is 0 Å². The summed E-state index contributed by atoms with van der Waals surface area (Å²) in [5.41, 5.74) is 2.91. The van der Waals surface area contributed by atoms with Gasteiger partial charge in [0.2, 0.25) is 5.91 Å². The number of carbonyl (C=O) groups is 1. The Morgan fingerprint density at radius 3 is 2.87 bits per heavy atom. The molecular formula is C21H24F2N4O3. The van der Waals surface area contributed by atoms with Crippen LogP contribution in [0.4, 0.5) is 8.78 Å². The van der Waals surface area contributed by atoms with E-state index in [0.717, 1.165) is 16.5 Å². The highest BCUT2D eigenvalue weighted by Gasteiger charge is 2.13. The van der Waals surface area contributed by atoms with Gasteiger partial charge < -0.3 is 15.2 Å². The third-order valence-corrected chi connectivity index (χ3v) is 4.45. The largest absolute Gasteiger partial charge is 0.487 e. The van der Waals surface area contributed by atoms with Crippen LogP contribution in [-0.4, -0.2) is 51.5 Å². The molecule has 2 heterocycles. The topological polar surface area (TPSA) is 89.3 Å². The molecule has 30 heavy (non-hydrogen) atoms. The summed E-state index contributed by atoms with van der Waals surface area (Å²) < 4.78 is 31.8. The number of rotatable bonds is 9. The predicted molar refractivity (Wildman–Crippen MR) is 108 cm³/mol. The fourth-order valence-corrected chi connectivity index (χ4v) is 2.99. The molecule has 0 saturated heterocycles. The van der Waals surface area contributed by atoms with Gasteiger partial charge in [0.05, 0.1) is 30.3 Å². The molecule has 0 radical (unpaired) electrons. The number of nitrogens with zero attached hydrogens (tertiary/aromatic N) is 3. The Morgan fingerprint density at radius 1 is 1.33 bits per heavy atom. The van der Waals surface area contributed by atoms with E-state index in [9.17, 15) is 18.7 Å². The number of fused-ring (bicyclic) bond motifs is 1. The average Bonchev–Trinajstić information content (AvgIpc) is 3.10. The van der Waals surface area contributed by atoms with Crippen LogP contribution in [0.3, 0.4) is 0 Å². The Kier molecular flexibility index (Phi) is 6.94. The number of aromatic nitrogens is 3. The number of aryl methyl sites for hydroxylation is 1. The maximum atomic E-state index is 12.4. The molecule has 7 nitrogen and oxygen atoms in total. The second-order valence-electron chi connectivity index (χ2n) is 7.15. The van der Waals surface area contributed by atoms with E-state index in [1.807, 2.05) is 12.1 Å². The minimum absolute atomic E-state index is 0.0753. The number of benzene rings is 1. The smallest absolute Gasteiger partial charge is 0.272 e. The number of pyridine rings is 1. The van der Waals surface area contributed by atoms with Crippen LogP contribution in [0.15, 0.2) is 36.7 Å². The van der Waals surface area contributed by atoms with Crippen molar-refractivity contribution in [2.24, 2.45) is 0 Å². The van der Waals surface area contributed by atoms with Crippen LogP contribution in [0, 0.1) is 6.92 Å². The molecule has 2 N–H and O–H groups in total. The summed E-state index contributed by atoms with van der Waals surface area (Å²) in [6.07, 6.45) is 0.321. The SMILES string of the molecule is Cc1ccc(Cn2cc3c(CC(=O)NC[C@H](C)O)nccc3n2)cc1OCC(F)F. The van der Waals surface area contributed by atoms with E-state index < -0.39 is 19.1 Å². The fraction of sp³-hybridized carbons (Fsp3) is 0.381. The van der Waals surface area contributed by atoms with Crippen molar-refractivity contribution in [2.45, 2.75) is 39.3 Å². The monoisotopic (exact) mass is 418 g/mol. The van der Waals surface area contributed by atoms with Gasteiger partial charge in [0.25, 0.3) is 6.43 Å². The molecule has 0 spiro atoms. The summed E-state index contributed by atoms with van der Waals surface area (Å²) >= 11 is 0. The maximum Gasteiger partial charge on any atom is 0.272 e. The van der Waals surface area contributed by atoms with Crippen molar-refractivity contribution < 1.29 is 23.4 Å². The summed E-state index contributed by atoms with van der Waals surface area (Å²) in [7, 11) is 0. The number of halogens is 2. The molecule has 9 heteroatoms. The van der Waals surface area contributed by atoms with Crippen LogP contribution in [0.5, 0.6) is 5.75 Å². The molecule has 1 amide bonds. The number of alkyl halides is 2. The van der Waals surface area contributed by atoms with Crippen molar-refractivity contribution in [1.82, 2.24) is 20.1 Å². The second-order valence-corrected chi connectivity index (χ2v) is 7.15.